The number of hydrogen-bond donors (Lipinski definition) is 2. The van der Waals surface area contributed by atoms with Crippen molar-refractivity contribution in [3.63, 3.8) is 0 Å². The second-order valence-corrected chi connectivity index (χ2v) is 3.43. The fourth-order valence-corrected chi connectivity index (χ4v) is 1.82. The van der Waals surface area contributed by atoms with Crippen LogP contribution in [-0.4, -0.2) is 23.2 Å². The van der Waals surface area contributed by atoms with Crippen molar-refractivity contribution in [2.75, 3.05) is 13.1 Å². The molecule has 3 heteroatoms. The second kappa shape index (κ2) is 3.75. The van der Waals surface area contributed by atoms with Gasteiger partial charge in [0, 0.05) is 12.1 Å². The van der Waals surface area contributed by atoms with Crippen LogP contribution in [0.25, 0.3) is 0 Å². The Morgan fingerprint density at radius 2 is 2.15 bits per heavy atom. The van der Waals surface area contributed by atoms with Crippen LogP contribution in [0.1, 0.15) is 24.5 Å². The Morgan fingerprint density at radius 3 is 2.85 bits per heavy atom. The zero-order valence-corrected chi connectivity index (χ0v) is 7.53. The maximum Gasteiger partial charge on any atom is 0.137 e. The Bertz CT molecular complexity index is 282. The topological polar surface area (TPSA) is 45.2 Å². The Kier molecular flexibility index (Phi) is 2.45. The lowest BCUT2D eigenvalue weighted by atomic mass is 9.94. The summed E-state index contributed by atoms with van der Waals surface area (Å²) in [7, 11) is 0. The predicted molar refractivity (Wildman–Crippen MR) is 50.7 cm³/mol. The zero-order chi connectivity index (χ0) is 9.10. The number of aromatic hydroxyl groups is 1. The second-order valence-electron chi connectivity index (χ2n) is 3.43. The molecule has 2 N–H and O–H groups in total. The summed E-state index contributed by atoms with van der Waals surface area (Å²) in [5.74, 6) is 0.775. The van der Waals surface area contributed by atoms with Crippen molar-refractivity contribution in [2.24, 2.45) is 0 Å². The molecule has 3 nitrogen and oxygen atoms in total. The Morgan fingerprint density at radius 1 is 1.38 bits per heavy atom. The normalized spacial score (nSPS) is 18.8. The molecule has 0 saturated carbocycles. The number of rotatable bonds is 1. The van der Waals surface area contributed by atoms with Gasteiger partial charge >= 0.3 is 0 Å². The molecule has 2 heterocycles. The molecular formula is C10H14N2O. The van der Waals surface area contributed by atoms with Crippen molar-refractivity contribution in [2.45, 2.75) is 18.8 Å². The van der Waals surface area contributed by atoms with Gasteiger partial charge in [0.2, 0.25) is 0 Å². The van der Waals surface area contributed by atoms with E-state index in [1.807, 2.05) is 0 Å². The summed E-state index contributed by atoms with van der Waals surface area (Å²) in [5, 5.41) is 12.9. The third-order valence-corrected chi connectivity index (χ3v) is 2.54. The Labute approximate surface area is 77.8 Å². The van der Waals surface area contributed by atoms with Gasteiger partial charge < -0.3 is 10.4 Å². The monoisotopic (exact) mass is 178 g/mol. The van der Waals surface area contributed by atoms with Crippen LogP contribution >= 0.6 is 0 Å². The Balaban J connectivity index is 2.18. The molecule has 0 bridgehead atoms. The summed E-state index contributed by atoms with van der Waals surface area (Å²) in [6.07, 6.45) is 3.90. The van der Waals surface area contributed by atoms with Crippen LogP contribution in [0.5, 0.6) is 5.75 Å². The highest BCUT2D eigenvalue weighted by atomic mass is 16.3. The molecule has 0 aliphatic carbocycles. The molecule has 1 aromatic heterocycles. The van der Waals surface area contributed by atoms with Crippen LogP contribution < -0.4 is 5.32 Å². The summed E-state index contributed by atoms with van der Waals surface area (Å²) < 4.78 is 0. The standard InChI is InChI=1S/C10H14N2O/c13-9-2-1-5-12-10(9)8-3-6-11-7-4-8/h1-2,5,8,11,13H,3-4,6-7H2. The molecule has 0 unspecified atom stereocenters. The van der Waals surface area contributed by atoms with Crippen LogP contribution in [-0.2, 0) is 0 Å². The lowest BCUT2D eigenvalue weighted by Gasteiger charge is -2.22. The number of hydrogen-bond acceptors (Lipinski definition) is 3. The van der Waals surface area contributed by atoms with E-state index >= 15 is 0 Å². The lowest BCUT2D eigenvalue weighted by Crippen LogP contribution is -2.27. The van der Waals surface area contributed by atoms with E-state index in [9.17, 15) is 5.11 Å². The molecule has 1 saturated heterocycles. The van der Waals surface area contributed by atoms with Gasteiger partial charge in [-0.2, -0.15) is 0 Å². The first-order valence-corrected chi connectivity index (χ1v) is 4.72. The fraction of sp³-hybridized carbons (Fsp3) is 0.500. The summed E-state index contributed by atoms with van der Waals surface area (Å²) in [6.45, 7) is 2.06. The molecule has 0 aromatic carbocycles. The van der Waals surface area contributed by atoms with Gasteiger partial charge in [0.05, 0.1) is 5.69 Å². The molecule has 1 aromatic rings. The third kappa shape index (κ3) is 1.80. The molecule has 2 rings (SSSR count). The van der Waals surface area contributed by atoms with E-state index in [2.05, 4.69) is 10.3 Å². The molecule has 0 radical (unpaired) electrons. The SMILES string of the molecule is Oc1cccnc1C1CCNCC1. The van der Waals surface area contributed by atoms with Crippen molar-refractivity contribution in [1.29, 1.82) is 0 Å². The highest BCUT2D eigenvalue weighted by molar-refractivity contribution is 5.28. The first-order chi connectivity index (χ1) is 6.38. The highest BCUT2D eigenvalue weighted by Gasteiger charge is 2.18. The Hall–Kier alpha value is -1.09. The van der Waals surface area contributed by atoms with Crippen molar-refractivity contribution >= 4 is 0 Å². The van der Waals surface area contributed by atoms with Crippen LogP contribution in [0.2, 0.25) is 0 Å². The van der Waals surface area contributed by atoms with Gasteiger partial charge in [-0.15, -0.1) is 0 Å². The van der Waals surface area contributed by atoms with Gasteiger partial charge in [0.1, 0.15) is 5.75 Å². The minimum atomic E-state index is 0.342. The first-order valence-electron chi connectivity index (χ1n) is 4.72. The number of aromatic nitrogens is 1. The average Bonchev–Trinajstić information content (AvgIpc) is 2.20. The van der Waals surface area contributed by atoms with Gasteiger partial charge in [-0.25, -0.2) is 0 Å². The van der Waals surface area contributed by atoms with Gasteiger partial charge in [-0.05, 0) is 38.1 Å². The number of pyridine rings is 1. The van der Waals surface area contributed by atoms with E-state index in [0.29, 0.717) is 11.7 Å². The van der Waals surface area contributed by atoms with Crippen LogP contribution in [0.15, 0.2) is 18.3 Å². The minimum Gasteiger partial charge on any atom is -0.506 e. The molecule has 0 spiro atoms. The van der Waals surface area contributed by atoms with E-state index < -0.39 is 0 Å². The van der Waals surface area contributed by atoms with E-state index in [1.165, 1.54) is 0 Å². The van der Waals surface area contributed by atoms with E-state index in [0.717, 1.165) is 31.6 Å². The third-order valence-electron chi connectivity index (χ3n) is 2.54. The van der Waals surface area contributed by atoms with Gasteiger partial charge in [0.25, 0.3) is 0 Å². The quantitative estimate of drug-likeness (QED) is 0.680. The number of nitrogens with one attached hydrogen (secondary N) is 1. The highest BCUT2D eigenvalue weighted by Crippen LogP contribution is 2.29. The van der Waals surface area contributed by atoms with Crippen LogP contribution in [0.3, 0.4) is 0 Å². The van der Waals surface area contributed by atoms with Crippen molar-refractivity contribution < 1.29 is 5.11 Å². The smallest absolute Gasteiger partial charge is 0.137 e. The van der Waals surface area contributed by atoms with Gasteiger partial charge in [0.15, 0.2) is 0 Å². The van der Waals surface area contributed by atoms with Gasteiger partial charge in [-0.3, -0.25) is 4.98 Å². The molecule has 1 fully saturated rings. The predicted octanol–water partition coefficient (Wildman–Crippen LogP) is 1.25. The fourth-order valence-electron chi connectivity index (χ4n) is 1.82. The first kappa shape index (κ1) is 8.51. The molecule has 13 heavy (non-hydrogen) atoms. The largest absolute Gasteiger partial charge is 0.506 e. The lowest BCUT2D eigenvalue weighted by molar-refractivity contribution is 0.416. The molecule has 0 amide bonds. The van der Waals surface area contributed by atoms with E-state index in [-0.39, 0.29) is 0 Å². The average molecular weight is 178 g/mol. The summed E-state index contributed by atoms with van der Waals surface area (Å²) >= 11 is 0. The van der Waals surface area contributed by atoms with Crippen molar-refractivity contribution in [3.05, 3.63) is 24.0 Å². The number of nitrogens with zero attached hydrogens (tertiary/aromatic N) is 1. The van der Waals surface area contributed by atoms with Crippen molar-refractivity contribution in [1.82, 2.24) is 10.3 Å². The number of piperidine rings is 1. The molecule has 0 atom stereocenters. The summed E-state index contributed by atoms with van der Waals surface area (Å²) in [4.78, 5) is 4.22. The maximum absolute atomic E-state index is 9.58. The molecule has 1 aliphatic heterocycles. The maximum atomic E-state index is 9.58. The summed E-state index contributed by atoms with van der Waals surface area (Å²) in [5.41, 5.74) is 0.865. The van der Waals surface area contributed by atoms with Gasteiger partial charge in [-0.1, -0.05) is 0 Å². The van der Waals surface area contributed by atoms with E-state index in [1.54, 1.807) is 18.3 Å². The molecule has 1 aliphatic rings. The van der Waals surface area contributed by atoms with Crippen LogP contribution in [0, 0.1) is 0 Å². The van der Waals surface area contributed by atoms with Crippen molar-refractivity contribution in [3.8, 4) is 5.75 Å². The minimum absolute atomic E-state index is 0.342. The summed E-state index contributed by atoms with van der Waals surface area (Å²) in [6, 6.07) is 3.48. The van der Waals surface area contributed by atoms with E-state index in [4.69, 9.17) is 0 Å². The zero-order valence-electron chi connectivity index (χ0n) is 7.53. The molecule has 70 valence electrons. The van der Waals surface area contributed by atoms with Crippen LogP contribution in [0.4, 0.5) is 0 Å². The molecular weight excluding hydrogens is 164 g/mol.